The van der Waals surface area contributed by atoms with E-state index < -0.39 is 0 Å². The summed E-state index contributed by atoms with van der Waals surface area (Å²) >= 11 is 0. The Labute approximate surface area is 177 Å². The molecule has 3 rings (SSSR count). The van der Waals surface area contributed by atoms with Crippen molar-refractivity contribution in [1.82, 2.24) is 0 Å². The van der Waals surface area contributed by atoms with Crippen LogP contribution < -0.4 is 14.2 Å². The zero-order valence-electron chi connectivity index (χ0n) is 17.8. The van der Waals surface area contributed by atoms with Gasteiger partial charge >= 0.3 is 5.97 Å². The number of carbonyl (C=O) groups is 2. The Bertz CT molecular complexity index is 918. The molecule has 0 unspecified atom stereocenters. The molecule has 0 bridgehead atoms. The summed E-state index contributed by atoms with van der Waals surface area (Å²) in [7, 11) is 3.12. The number of hydrogen-bond acceptors (Lipinski definition) is 6. The zero-order chi connectivity index (χ0) is 21.5. The number of methoxy groups -OCH3 is 2. The minimum atomic E-state index is -0.224. The van der Waals surface area contributed by atoms with Crippen molar-refractivity contribution in [3.63, 3.8) is 0 Å². The SMILES string of the molecule is CCCCC(=O)OCCOc1c(-c2cccc3c2CCC3=O)ccc(OC)c1OC. The predicted octanol–water partition coefficient (Wildman–Crippen LogP) is 4.61. The second-order valence-electron chi connectivity index (χ2n) is 7.11. The molecule has 1 aliphatic rings. The van der Waals surface area contributed by atoms with Gasteiger partial charge in [-0.15, -0.1) is 0 Å². The highest BCUT2D eigenvalue weighted by Crippen LogP contribution is 2.46. The number of Topliss-reactive ketones (excluding diaryl/α,β-unsaturated/α-hetero) is 1. The van der Waals surface area contributed by atoms with Gasteiger partial charge in [-0.2, -0.15) is 0 Å². The smallest absolute Gasteiger partial charge is 0.305 e. The lowest BCUT2D eigenvalue weighted by molar-refractivity contribution is -0.144. The molecule has 0 saturated heterocycles. The fraction of sp³-hybridized carbons (Fsp3) is 0.417. The van der Waals surface area contributed by atoms with Crippen molar-refractivity contribution < 1.29 is 28.5 Å². The first-order valence-electron chi connectivity index (χ1n) is 10.3. The molecule has 0 aliphatic heterocycles. The molecule has 0 heterocycles. The normalized spacial score (nSPS) is 12.4. The van der Waals surface area contributed by atoms with E-state index in [1.807, 2.05) is 37.3 Å². The van der Waals surface area contributed by atoms with Gasteiger partial charge in [-0.1, -0.05) is 31.5 Å². The number of ether oxygens (including phenoxy) is 4. The molecule has 0 aromatic heterocycles. The van der Waals surface area contributed by atoms with Crippen molar-refractivity contribution in [3.8, 4) is 28.4 Å². The van der Waals surface area contributed by atoms with Gasteiger partial charge in [0.05, 0.1) is 14.2 Å². The second kappa shape index (κ2) is 10.1. The largest absolute Gasteiger partial charge is 0.493 e. The van der Waals surface area contributed by atoms with Crippen LogP contribution in [-0.4, -0.2) is 39.2 Å². The molecule has 30 heavy (non-hydrogen) atoms. The van der Waals surface area contributed by atoms with E-state index in [-0.39, 0.29) is 25.0 Å². The van der Waals surface area contributed by atoms with Crippen LogP contribution in [0.5, 0.6) is 17.2 Å². The zero-order valence-corrected chi connectivity index (χ0v) is 17.8. The second-order valence-corrected chi connectivity index (χ2v) is 7.11. The maximum Gasteiger partial charge on any atom is 0.305 e. The van der Waals surface area contributed by atoms with Gasteiger partial charge < -0.3 is 18.9 Å². The average Bonchev–Trinajstić information content (AvgIpc) is 3.15. The molecular formula is C24H28O6. The number of carbonyl (C=O) groups excluding carboxylic acids is 2. The Morgan fingerprint density at radius 3 is 2.47 bits per heavy atom. The first kappa shape index (κ1) is 21.7. The minimum absolute atomic E-state index is 0.147. The lowest BCUT2D eigenvalue weighted by atomic mass is 9.95. The highest BCUT2D eigenvalue weighted by Gasteiger charge is 2.25. The summed E-state index contributed by atoms with van der Waals surface area (Å²) in [6, 6.07) is 9.46. The molecule has 0 amide bonds. The lowest BCUT2D eigenvalue weighted by Gasteiger charge is -2.19. The van der Waals surface area contributed by atoms with Crippen LogP contribution in [0.4, 0.5) is 0 Å². The standard InChI is InChI=1S/C24H28O6/c1-4-5-9-22(26)29-14-15-30-23-19(11-13-21(27-2)24(23)28-3)16-7-6-8-18-17(16)10-12-20(18)25/h6-8,11,13H,4-5,9-10,12,14-15H2,1-3H3. The number of benzene rings is 2. The summed E-state index contributed by atoms with van der Waals surface area (Å²) in [5.74, 6) is 1.45. The minimum Gasteiger partial charge on any atom is -0.493 e. The molecule has 0 atom stereocenters. The van der Waals surface area contributed by atoms with Crippen LogP contribution in [0, 0.1) is 0 Å². The third kappa shape index (κ3) is 4.58. The van der Waals surface area contributed by atoms with Crippen LogP contribution in [-0.2, 0) is 16.0 Å². The van der Waals surface area contributed by atoms with E-state index in [4.69, 9.17) is 18.9 Å². The predicted molar refractivity (Wildman–Crippen MR) is 114 cm³/mol. The van der Waals surface area contributed by atoms with Crippen molar-refractivity contribution in [3.05, 3.63) is 41.5 Å². The third-order valence-corrected chi connectivity index (χ3v) is 5.20. The topological polar surface area (TPSA) is 71.1 Å². The number of fused-ring (bicyclic) bond motifs is 1. The fourth-order valence-corrected chi connectivity index (χ4v) is 3.69. The van der Waals surface area contributed by atoms with E-state index >= 15 is 0 Å². The Kier molecular flexibility index (Phi) is 7.33. The molecule has 2 aromatic carbocycles. The highest BCUT2D eigenvalue weighted by atomic mass is 16.6. The number of unbranched alkanes of at least 4 members (excludes halogenated alkanes) is 1. The molecule has 6 nitrogen and oxygen atoms in total. The Morgan fingerprint density at radius 1 is 0.933 bits per heavy atom. The first-order chi connectivity index (χ1) is 14.6. The summed E-state index contributed by atoms with van der Waals surface area (Å²) in [4.78, 5) is 23.9. The quantitative estimate of drug-likeness (QED) is 0.419. The summed E-state index contributed by atoms with van der Waals surface area (Å²) in [6.07, 6.45) is 3.39. The third-order valence-electron chi connectivity index (χ3n) is 5.20. The maximum absolute atomic E-state index is 12.2. The van der Waals surface area contributed by atoms with E-state index in [0.29, 0.717) is 36.5 Å². The Hall–Kier alpha value is -3.02. The van der Waals surface area contributed by atoms with E-state index in [0.717, 1.165) is 35.1 Å². The molecule has 2 aromatic rings. The number of rotatable bonds is 10. The average molecular weight is 412 g/mol. The van der Waals surface area contributed by atoms with Gasteiger partial charge in [0, 0.05) is 24.0 Å². The van der Waals surface area contributed by atoms with Gasteiger partial charge in [0.15, 0.2) is 17.3 Å². The van der Waals surface area contributed by atoms with E-state index in [2.05, 4.69) is 0 Å². The van der Waals surface area contributed by atoms with Crippen LogP contribution in [0.1, 0.15) is 48.5 Å². The molecule has 0 N–H and O–H groups in total. The van der Waals surface area contributed by atoms with Gasteiger partial charge in [-0.25, -0.2) is 0 Å². The Morgan fingerprint density at radius 2 is 1.73 bits per heavy atom. The number of ketones is 1. The molecule has 0 saturated carbocycles. The molecule has 0 radical (unpaired) electrons. The van der Waals surface area contributed by atoms with E-state index in [9.17, 15) is 9.59 Å². The first-order valence-corrected chi connectivity index (χ1v) is 10.3. The fourth-order valence-electron chi connectivity index (χ4n) is 3.69. The van der Waals surface area contributed by atoms with Crippen LogP contribution in [0.3, 0.4) is 0 Å². The van der Waals surface area contributed by atoms with Crippen molar-refractivity contribution >= 4 is 11.8 Å². The summed E-state index contributed by atoms with van der Waals surface area (Å²) in [5, 5.41) is 0. The lowest BCUT2D eigenvalue weighted by Crippen LogP contribution is -2.13. The van der Waals surface area contributed by atoms with Gasteiger partial charge in [-0.3, -0.25) is 9.59 Å². The van der Waals surface area contributed by atoms with E-state index in [1.165, 1.54) is 0 Å². The maximum atomic E-state index is 12.2. The van der Waals surface area contributed by atoms with Gasteiger partial charge in [0.1, 0.15) is 13.2 Å². The van der Waals surface area contributed by atoms with Crippen molar-refractivity contribution in [2.24, 2.45) is 0 Å². The molecule has 1 aliphatic carbocycles. The van der Waals surface area contributed by atoms with Crippen LogP contribution >= 0.6 is 0 Å². The molecule has 0 spiro atoms. The van der Waals surface area contributed by atoms with Gasteiger partial charge in [0.25, 0.3) is 0 Å². The van der Waals surface area contributed by atoms with E-state index in [1.54, 1.807) is 14.2 Å². The van der Waals surface area contributed by atoms with Crippen molar-refractivity contribution in [1.29, 1.82) is 0 Å². The Balaban J connectivity index is 1.88. The van der Waals surface area contributed by atoms with Gasteiger partial charge in [0.2, 0.25) is 5.75 Å². The van der Waals surface area contributed by atoms with Crippen molar-refractivity contribution in [2.45, 2.75) is 39.0 Å². The van der Waals surface area contributed by atoms with Gasteiger partial charge in [-0.05, 0) is 36.1 Å². The molecule has 6 heteroatoms. The summed E-state index contributed by atoms with van der Waals surface area (Å²) < 4.78 is 22.3. The highest BCUT2D eigenvalue weighted by molar-refractivity contribution is 6.02. The summed E-state index contributed by atoms with van der Waals surface area (Å²) in [6.45, 7) is 2.36. The van der Waals surface area contributed by atoms with Crippen molar-refractivity contribution in [2.75, 3.05) is 27.4 Å². The number of hydrogen-bond donors (Lipinski definition) is 0. The summed E-state index contributed by atoms with van der Waals surface area (Å²) in [5.41, 5.74) is 3.54. The molecule has 160 valence electrons. The molecule has 0 fully saturated rings. The van der Waals surface area contributed by atoms with Crippen LogP contribution in [0.15, 0.2) is 30.3 Å². The van der Waals surface area contributed by atoms with Crippen LogP contribution in [0.2, 0.25) is 0 Å². The number of esters is 1. The van der Waals surface area contributed by atoms with Crippen LogP contribution in [0.25, 0.3) is 11.1 Å². The molecular weight excluding hydrogens is 384 g/mol. The monoisotopic (exact) mass is 412 g/mol.